The number of carbonyl (C=O) groups is 1. The molecule has 0 spiro atoms. The van der Waals surface area contributed by atoms with Crippen molar-refractivity contribution in [3.8, 4) is 0 Å². The van der Waals surface area contributed by atoms with Crippen molar-refractivity contribution in [2.24, 2.45) is 0 Å². The lowest BCUT2D eigenvalue weighted by molar-refractivity contribution is -0.138. The normalized spacial score (nSPS) is 12.2. The van der Waals surface area contributed by atoms with Gasteiger partial charge in [-0.3, -0.25) is 0 Å². The SMILES string of the molecule is CCCC(Nc1c(F)cc(F)cc1F)C(=O)O. The molecule has 2 N–H and O–H groups in total. The van der Waals surface area contributed by atoms with Gasteiger partial charge in [0.1, 0.15) is 17.5 Å². The topological polar surface area (TPSA) is 49.3 Å². The summed E-state index contributed by atoms with van der Waals surface area (Å²) in [5, 5.41) is 11.0. The predicted molar refractivity (Wildman–Crippen MR) is 56.3 cm³/mol. The van der Waals surface area contributed by atoms with Crippen LogP contribution in [0.1, 0.15) is 19.8 Å². The maximum absolute atomic E-state index is 13.2. The Balaban J connectivity index is 2.97. The number of carboxylic acids is 1. The Morgan fingerprint density at radius 1 is 1.35 bits per heavy atom. The smallest absolute Gasteiger partial charge is 0.326 e. The minimum Gasteiger partial charge on any atom is -0.480 e. The number of benzene rings is 1. The molecule has 1 unspecified atom stereocenters. The third-order valence-corrected chi connectivity index (χ3v) is 2.20. The zero-order valence-corrected chi connectivity index (χ0v) is 9.14. The fourth-order valence-corrected chi connectivity index (χ4v) is 1.40. The predicted octanol–water partition coefficient (Wildman–Crippen LogP) is 2.77. The minimum atomic E-state index is -1.21. The number of carboxylic acid groups (broad SMARTS) is 1. The lowest BCUT2D eigenvalue weighted by Crippen LogP contribution is -2.29. The van der Waals surface area contributed by atoms with Crippen molar-refractivity contribution in [3.05, 3.63) is 29.6 Å². The summed E-state index contributed by atoms with van der Waals surface area (Å²) < 4.78 is 39.1. The van der Waals surface area contributed by atoms with Gasteiger partial charge >= 0.3 is 5.97 Å². The van der Waals surface area contributed by atoms with Gasteiger partial charge in [-0.2, -0.15) is 0 Å². The summed E-state index contributed by atoms with van der Waals surface area (Å²) >= 11 is 0. The molecule has 0 amide bonds. The highest BCUT2D eigenvalue weighted by atomic mass is 19.1. The van der Waals surface area contributed by atoms with Crippen molar-refractivity contribution in [2.75, 3.05) is 5.32 Å². The van der Waals surface area contributed by atoms with Crippen LogP contribution in [-0.2, 0) is 4.79 Å². The van der Waals surface area contributed by atoms with E-state index in [1.165, 1.54) is 0 Å². The van der Waals surface area contributed by atoms with Crippen LogP contribution in [-0.4, -0.2) is 17.1 Å². The zero-order valence-electron chi connectivity index (χ0n) is 9.14. The Hall–Kier alpha value is -1.72. The largest absolute Gasteiger partial charge is 0.480 e. The first-order valence-electron chi connectivity index (χ1n) is 5.09. The summed E-state index contributed by atoms with van der Waals surface area (Å²) in [5.74, 6) is -4.56. The summed E-state index contributed by atoms with van der Waals surface area (Å²) in [6.45, 7) is 1.75. The molecule has 1 rings (SSSR count). The first kappa shape index (κ1) is 13.3. The van der Waals surface area contributed by atoms with Crippen LogP contribution in [0, 0.1) is 17.5 Å². The Bertz CT molecular complexity index is 400. The Kier molecular flexibility index (Phi) is 4.37. The molecule has 0 bridgehead atoms. The van der Waals surface area contributed by atoms with Gasteiger partial charge < -0.3 is 10.4 Å². The van der Waals surface area contributed by atoms with Crippen LogP contribution >= 0.6 is 0 Å². The first-order valence-corrected chi connectivity index (χ1v) is 5.09. The van der Waals surface area contributed by atoms with Crippen molar-refractivity contribution in [2.45, 2.75) is 25.8 Å². The van der Waals surface area contributed by atoms with E-state index in [1.807, 2.05) is 0 Å². The molecule has 17 heavy (non-hydrogen) atoms. The highest BCUT2D eigenvalue weighted by Gasteiger charge is 2.20. The van der Waals surface area contributed by atoms with Crippen molar-refractivity contribution in [1.82, 2.24) is 0 Å². The van der Waals surface area contributed by atoms with E-state index < -0.39 is 35.2 Å². The van der Waals surface area contributed by atoms with Gasteiger partial charge in [-0.25, -0.2) is 18.0 Å². The van der Waals surface area contributed by atoms with Crippen LogP contribution in [0.2, 0.25) is 0 Å². The third-order valence-electron chi connectivity index (χ3n) is 2.20. The average molecular weight is 247 g/mol. The van der Waals surface area contributed by atoms with E-state index in [9.17, 15) is 18.0 Å². The van der Waals surface area contributed by atoms with Crippen molar-refractivity contribution >= 4 is 11.7 Å². The molecule has 0 aromatic heterocycles. The summed E-state index contributed by atoms with van der Waals surface area (Å²) in [6, 6.07) is -0.110. The summed E-state index contributed by atoms with van der Waals surface area (Å²) in [4.78, 5) is 10.8. The van der Waals surface area contributed by atoms with Crippen molar-refractivity contribution in [1.29, 1.82) is 0 Å². The van der Waals surface area contributed by atoms with Crippen LogP contribution in [0.5, 0.6) is 0 Å². The Morgan fingerprint density at radius 2 is 1.88 bits per heavy atom. The second-order valence-corrected chi connectivity index (χ2v) is 3.57. The van der Waals surface area contributed by atoms with Crippen molar-refractivity contribution < 1.29 is 23.1 Å². The number of aliphatic carboxylic acids is 1. The first-order chi connectivity index (χ1) is 7.95. The summed E-state index contributed by atoms with van der Waals surface area (Å²) in [7, 11) is 0. The molecule has 1 aromatic rings. The molecule has 0 heterocycles. The van der Waals surface area contributed by atoms with E-state index in [1.54, 1.807) is 6.92 Å². The molecule has 0 aliphatic heterocycles. The molecule has 1 aromatic carbocycles. The molecule has 0 fully saturated rings. The number of hydrogen-bond donors (Lipinski definition) is 2. The second-order valence-electron chi connectivity index (χ2n) is 3.57. The highest BCUT2D eigenvalue weighted by Crippen LogP contribution is 2.21. The number of halogens is 3. The average Bonchev–Trinajstić information content (AvgIpc) is 2.21. The molecule has 0 radical (unpaired) electrons. The van der Waals surface area contributed by atoms with Crippen molar-refractivity contribution in [3.63, 3.8) is 0 Å². The number of rotatable bonds is 5. The van der Waals surface area contributed by atoms with Crippen LogP contribution in [0.3, 0.4) is 0 Å². The fraction of sp³-hybridized carbons (Fsp3) is 0.364. The van der Waals surface area contributed by atoms with Crippen LogP contribution in [0.15, 0.2) is 12.1 Å². The molecule has 1 atom stereocenters. The molecule has 6 heteroatoms. The standard InChI is InChI=1S/C11H12F3NO2/c1-2-3-9(11(16)17)15-10-7(13)4-6(12)5-8(10)14/h4-5,9,15H,2-3H2,1H3,(H,16,17). The van der Waals surface area contributed by atoms with Crippen LogP contribution in [0.4, 0.5) is 18.9 Å². The molecular weight excluding hydrogens is 235 g/mol. The molecule has 0 aliphatic carbocycles. The molecule has 0 saturated heterocycles. The van der Waals surface area contributed by atoms with Gasteiger partial charge in [0.15, 0.2) is 11.6 Å². The van der Waals surface area contributed by atoms with E-state index in [0.29, 0.717) is 18.6 Å². The van der Waals surface area contributed by atoms with Gasteiger partial charge in [0.2, 0.25) is 0 Å². The van der Waals surface area contributed by atoms with E-state index in [0.717, 1.165) is 0 Å². The zero-order chi connectivity index (χ0) is 13.0. The molecule has 3 nitrogen and oxygen atoms in total. The number of nitrogens with one attached hydrogen (secondary N) is 1. The lowest BCUT2D eigenvalue weighted by Gasteiger charge is -2.16. The quantitative estimate of drug-likeness (QED) is 0.841. The third kappa shape index (κ3) is 3.37. The summed E-state index contributed by atoms with van der Waals surface area (Å²) in [5.41, 5.74) is -0.618. The van der Waals surface area contributed by atoms with E-state index in [4.69, 9.17) is 5.11 Å². The minimum absolute atomic E-state index is 0.214. The van der Waals surface area contributed by atoms with E-state index >= 15 is 0 Å². The van der Waals surface area contributed by atoms with Gasteiger partial charge in [-0.15, -0.1) is 0 Å². The van der Waals surface area contributed by atoms with E-state index in [-0.39, 0.29) is 6.42 Å². The molecular formula is C11H12F3NO2. The van der Waals surface area contributed by atoms with Gasteiger partial charge in [0, 0.05) is 12.1 Å². The molecule has 0 aliphatic rings. The fourth-order valence-electron chi connectivity index (χ4n) is 1.40. The van der Waals surface area contributed by atoms with Gasteiger partial charge in [-0.05, 0) is 6.42 Å². The van der Waals surface area contributed by atoms with Crippen LogP contribution < -0.4 is 5.32 Å². The number of hydrogen-bond acceptors (Lipinski definition) is 2. The highest BCUT2D eigenvalue weighted by molar-refractivity contribution is 5.77. The van der Waals surface area contributed by atoms with Gasteiger partial charge in [-0.1, -0.05) is 13.3 Å². The number of anilines is 1. The van der Waals surface area contributed by atoms with Gasteiger partial charge in [0.05, 0.1) is 0 Å². The lowest BCUT2D eigenvalue weighted by atomic mass is 10.1. The Morgan fingerprint density at radius 3 is 2.29 bits per heavy atom. The van der Waals surface area contributed by atoms with Gasteiger partial charge in [0.25, 0.3) is 0 Å². The van der Waals surface area contributed by atoms with Crippen LogP contribution in [0.25, 0.3) is 0 Å². The maximum Gasteiger partial charge on any atom is 0.326 e. The molecule has 94 valence electrons. The van der Waals surface area contributed by atoms with E-state index in [2.05, 4.69) is 5.32 Å². The molecule has 0 saturated carbocycles. The summed E-state index contributed by atoms with van der Waals surface area (Å²) in [6.07, 6.45) is 0.750. The second kappa shape index (κ2) is 5.56. The Labute approximate surface area is 96.3 Å². The monoisotopic (exact) mass is 247 g/mol. The maximum atomic E-state index is 13.2.